The number of anilines is 1. The highest BCUT2D eigenvalue weighted by Crippen LogP contribution is 2.34. The van der Waals surface area contributed by atoms with Crippen LogP contribution in [0.3, 0.4) is 0 Å². The number of fused-ring (bicyclic) bond motifs is 1. The number of hydrogen-bond donors (Lipinski definition) is 1. The summed E-state index contributed by atoms with van der Waals surface area (Å²) in [6.07, 6.45) is 3.93. The zero-order valence-electron chi connectivity index (χ0n) is 15.7. The number of nitrogens with zero attached hydrogens (tertiary/aromatic N) is 3. The van der Waals surface area contributed by atoms with Gasteiger partial charge in [-0.1, -0.05) is 13.3 Å². The molecule has 5 heteroatoms. The first-order valence-electron chi connectivity index (χ1n) is 8.85. The second-order valence-electron chi connectivity index (χ2n) is 7.41. The summed E-state index contributed by atoms with van der Waals surface area (Å²) < 4.78 is 5.99. The molecule has 1 N–H and O–H groups in total. The van der Waals surface area contributed by atoms with Crippen LogP contribution in [0.25, 0.3) is 0 Å². The Kier molecular flexibility index (Phi) is 6.20. The van der Waals surface area contributed by atoms with Crippen molar-refractivity contribution in [3.63, 3.8) is 0 Å². The second-order valence-corrected chi connectivity index (χ2v) is 7.41. The quantitative estimate of drug-likeness (QED) is 0.832. The zero-order chi connectivity index (χ0) is 17.7. The van der Waals surface area contributed by atoms with Gasteiger partial charge in [0.1, 0.15) is 11.9 Å². The molecule has 0 bridgehead atoms. The van der Waals surface area contributed by atoms with Gasteiger partial charge in [-0.15, -0.1) is 0 Å². The van der Waals surface area contributed by atoms with Crippen molar-refractivity contribution >= 4 is 5.82 Å². The maximum absolute atomic E-state index is 9.74. The van der Waals surface area contributed by atoms with E-state index in [-0.39, 0.29) is 5.60 Å². The third-order valence-electron chi connectivity index (χ3n) is 4.44. The molecule has 5 nitrogen and oxygen atoms in total. The molecule has 2 rings (SSSR count). The second kappa shape index (κ2) is 7.96. The van der Waals surface area contributed by atoms with Crippen molar-refractivity contribution < 1.29 is 4.74 Å². The van der Waals surface area contributed by atoms with Crippen LogP contribution >= 0.6 is 0 Å². The number of ether oxygens (including phenoxy) is 1. The molecule has 132 valence electrons. The van der Waals surface area contributed by atoms with Gasteiger partial charge in [0.2, 0.25) is 0 Å². The summed E-state index contributed by atoms with van der Waals surface area (Å²) in [4.78, 5) is 6.92. The Hall–Kier alpha value is -1.64. The lowest BCUT2D eigenvalue weighted by Gasteiger charge is -2.33. The summed E-state index contributed by atoms with van der Waals surface area (Å²) in [6.45, 7) is 8.60. The maximum Gasteiger partial charge on any atom is 0.144 e. The molecule has 0 aliphatic carbocycles. The van der Waals surface area contributed by atoms with Gasteiger partial charge in [-0.25, -0.2) is 4.98 Å². The third-order valence-corrected chi connectivity index (χ3v) is 4.44. The van der Waals surface area contributed by atoms with E-state index in [0.717, 1.165) is 61.4 Å². The first kappa shape index (κ1) is 18.7. The standard InChI is InChI=1S/C19H30N4O/c1-6-7-8-17-16-13-24-19(2,3)11-14(16)15(12-20)18(22-17)21-9-10-23(4)5/h6-11,13H2,1-5H3,(H,21,22). The number of likely N-dealkylation sites (N-methyl/N-ethyl adjacent to an activating group) is 1. The highest BCUT2D eigenvalue weighted by Gasteiger charge is 2.31. The van der Waals surface area contributed by atoms with Crippen LogP contribution < -0.4 is 5.32 Å². The summed E-state index contributed by atoms with van der Waals surface area (Å²) in [5.74, 6) is 0.738. The summed E-state index contributed by atoms with van der Waals surface area (Å²) in [5.41, 5.74) is 3.82. The number of aromatic nitrogens is 1. The van der Waals surface area contributed by atoms with Crippen LogP contribution in [0.2, 0.25) is 0 Å². The average Bonchev–Trinajstić information content (AvgIpc) is 2.51. The third kappa shape index (κ3) is 4.46. The van der Waals surface area contributed by atoms with Gasteiger partial charge in [0.15, 0.2) is 0 Å². The van der Waals surface area contributed by atoms with Gasteiger partial charge in [0, 0.05) is 30.8 Å². The van der Waals surface area contributed by atoms with Crippen molar-refractivity contribution in [3.05, 3.63) is 22.4 Å². The Bertz CT molecular complexity index is 617. The van der Waals surface area contributed by atoms with Gasteiger partial charge < -0.3 is 15.0 Å². The summed E-state index contributed by atoms with van der Waals surface area (Å²) in [7, 11) is 4.08. The Labute approximate surface area is 146 Å². The van der Waals surface area contributed by atoms with Gasteiger partial charge in [-0.05, 0) is 46.3 Å². The first-order valence-corrected chi connectivity index (χ1v) is 8.85. The normalized spacial score (nSPS) is 15.9. The minimum atomic E-state index is -0.233. The van der Waals surface area contributed by atoms with E-state index in [4.69, 9.17) is 9.72 Å². The van der Waals surface area contributed by atoms with Gasteiger partial charge in [-0.2, -0.15) is 5.26 Å². The fourth-order valence-corrected chi connectivity index (χ4v) is 3.03. The molecule has 0 saturated heterocycles. The molecule has 0 fully saturated rings. The Morgan fingerprint density at radius 1 is 1.33 bits per heavy atom. The van der Waals surface area contributed by atoms with E-state index in [2.05, 4.69) is 37.1 Å². The van der Waals surface area contributed by atoms with Crippen LogP contribution in [-0.4, -0.2) is 42.7 Å². The molecule has 1 aromatic rings. The minimum absolute atomic E-state index is 0.233. The van der Waals surface area contributed by atoms with Crippen molar-refractivity contribution in [2.24, 2.45) is 0 Å². The Balaban J connectivity index is 2.41. The molecule has 0 radical (unpaired) electrons. The number of unbranched alkanes of at least 4 members (excludes halogenated alkanes) is 1. The molecule has 24 heavy (non-hydrogen) atoms. The summed E-state index contributed by atoms with van der Waals surface area (Å²) >= 11 is 0. The fourth-order valence-electron chi connectivity index (χ4n) is 3.03. The van der Waals surface area contributed by atoms with Crippen molar-refractivity contribution in [1.82, 2.24) is 9.88 Å². The predicted molar refractivity (Wildman–Crippen MR) is 97.2 cm³/mol. The number of hydrogen-bond acceptors (Lipinski definition) is 5. The Morgan fingerprint density at radius 3 is 2.71 bits per heavy atom. The number of pyridine rings is 1. The lowest BCUT2D eigenvalue weighted by Crippen LogP contribution is -2.34. The van der Waals surface area contributed by atoms with E-state index in [0.29, 0.717) is 12.2 Å². The van der Waals surface area contributed by atoms with Crippen LogP contribution in [0.5, 0.6) is 0 Å². The SMILES string of the molecule is CCCCc1nc(NCCN(C)C)c(C#N)c2c1COC(C)(C)C2. The highest BCUT2D eigenvalue weighted by molar-refractivity contribution is 5.60. The molecule has 1 aliphatic heterocycles. The number of nitriles is 1. The van der Waals surface area contributed by atoms with Crippen LogP contribution in [0.4, 0.5) is 5.82 Å². The van der Waals surface area contributed by atoms with Gasteiger partial charge in [0.05, 0.1) is 17.8 Å². The van der Waals surface area contributed by atoms with Crippen molar-refractivity contribution in [2.45, 2.75) is 58.7 Å². The largest absolute Gasteiger partial charge is 0.370 e. The lowest BCUT2D eigenvalue weighted by molar-refractivity contribution is -0.0407. The average molecular weight is 330 g/mol. The van der Waals surface area contributed by atoms with E-state index < -0.39 is 0 Å². The fraction of sp³-hybridized carbons (Fsp3) is 0.684. The minimum Gasteiger partial charge on any atom is -0.370 e. The molecule has 0 saturated carbocycles. The number of rotatable bonds is 7. The molecule has 1 aliphatic rings. The van der Waals surface area contributed by atoms with E-state index in [1.165, 1.54) is 0 Å². The van der Waals surface area contributed by atoms with Gasteiger partial charge in [0.25, 0.3) is 0 Å². The smallest absolute Gasteiger partial charge is 0.144 e. The van der Waals surface area contributed by atoms with Crippen molar-refractivity contribution in [1.29, 1.82) is 5.26 Å². The number of nitrogens with one attached hydrogen (secondary N) is 1. The van der Waals surface area contributed by atoms with Crippen LogP contribution in [-0.2, 0) is 24.2 Å². The maximum atomic E-state index is 9.74. The van der Waals surface area contributed by atoms with E-state index >= 15 is 0 Å². The van der Waals surface area contributed by atoms with E-state index in [1.54, 1.807) is 0 Å². The molecule has 0 unspecified atom stereocenters. The highest BCUT2D eigenvalue weighted by atomic mass is 16.5. The Morgan fingerprint density at radius 2 is 2.08 bits per heavy atom. The molecule has 1 aromatic heterocycles. The molecule has 0 aromatic carbocycles. The summed E-state index contributed by atoms with van der Waals surface area (Å²) in [6, 6.07) is 2.39. The number of aryl methyl sites for hydroxylation is 1. The molecular formula is C19H30N4O. The molecular weight excluding hydrogens is 300 g/mol. The molecule has 0 atom stereocenters. The lowest BCUT2D eigenvalue weighted by atomic mass is 9.87. The zero-order valence-corrected chi connectivity index (χ0v) is 15.7. The molecule has 2 heterocycles. The topological polar surface area (TPSA) is 61.2 Å². The predicted octanol–water partition coefficient (Wildman–Crippen LogP) is 3.12. The van der Waals surface area contributed by atoms with Gasteiger partial charge >= 0.3 is 0 Å². The van der Waals surface area contributed by atoms with Gasteiger partial charge in [-0.3, -0.25) is 0 Å². The summed E-state index contributed by atoms with van der Waals surface area (Å²) in [5, 5.41) is 13.1. The first-order chi connectivity index (χ1) is 11.4. The van der Waals surface area contributed by atoms with Crippen molar-refractivity contribution in [3.8, 4) is 6.07 Å². The monoisotopic (exact) mass is 330 g/mol. The van der Waals surface area contributed by atoms with Crippen LogP contribution in [0.15, 0.2) is 0 Å². The van der Waals surface area contributed by atoms with E-state index in [1.807, 2.05) is 14.1 Å². The van der Waals surface area contributed by atoms with Crippen LogP contribution in [0.1, 0.15) is 56.0 Å². The van der Waals surface area contributed by atoms with E-state index in [9.17, 15) is 5.26 Å². The van der Waals surface area contributed by atoms with Crippen LogP contribution in [0, 0.1) is 11.3 Å². The van der Waals surface area contributed by atoms with Crippen molar-refractivity contribution in [2.75, 3.05) is 32.5 Å². The molecule has 0 amide bonds. The molecule has 0 spiro atoms.